The zero-order valence-corrected chi connectivity index (χ0v) is 11.2. The molecule has 20 heavy (non-hydrogen) atoms. The molecule has 3 rings (SSSR count). The molecule has 0 radical (unpaired) electrons. The smallest absolute Gasteiger partial charge is 0.261 e. The summed E-state index contributed by atoms with van der Waals surface area (Å²) in [7, 11) is 1.46. The summed E-state index contributed by atoms with van der Waals surface area (Å²) in [5.41, 5.74) is 1.43. The van der Waals surface area contributed by atoms with Crippen molar-refractivity contribution in [1.82, 2.24) is 14.9 Å². The highest BCUT2D eigenvalue weighted by Crippen LogP contribution is 2.26. The maximum Gasteiger partial charge on any atom is 0.261 e. The highest BCUT2D eigenvalue weighted by molar-refractivity contribution is 6.29. The van der Waals surface area contributed by atoms with E-state index in [4.69, 9.17) is 11.6 Å². The second kappa shape index (κ2) is 4.57. The number of carbonyl (C=O) groups is 2. The molecule has 0 aliphatic carbocycles. The number of imide groups is 1. The van der Waals surface area contributed by atoms with E-state index >= 15 is 0 Å². The van der Waals surface area contributed by atoms with Crippen LogP contribution in [0, 0.1) is 0 Å². The predicted octanol–water partition coefficient (Wildman–Crippen LogP) is 2.10. The molecule has 0 fully saturated rings. The van der Waals surface area contributed by atoms with Gasteiger partial charge < -0.3 is 5.32 Å². The SMILES string of the molecule is CN1C(=O)c2ccc(Nc3cc(Cl)ncn3)cc2C1=O. The Labute approximate surface area is 119 Å². The average molecular weight is 289 g/mol. The number of halogens is 1. The molecule has 1 aromatic heterocycles. The van der Waals surface area contributed by atoms with Gasteiger partial charge in [0.2, 0.25) is 0 Å². The van der Waals surface area contributed by atoms with E-state index in [9.17, 15) is 9.59 Å². The zero-order chi connectivity index (χ0) is 14.3. The van der Waals surface area contributed by atoms with Crippen molar-refractivity contribution in [3.63, 3.8) is 0 Å². The first-order chi connectivity index (χ1) is 9.56. The van der Waals surface area contributed by atoms with Crippen LogP contribution in [-0.4, -0.2) is 33.7 Å². The van der Waals surface area contributed by atoms with Crippen molar-refractivity contribution in [1.29, 1.82) is 0 Å². The van der Waals surface area contributed by atoms with Gasteiger partial charge in [-0.1, -0.05) is 11.6 Å². The van der Waals surface area contributed by atoms with E-state index in [1.807, 2.05) is 0 Å². The lowest BCUT2D eigenvalue weighted by atomic mass is 10.1. The molecule has 1 N–H and O–H groups in total. The molecule has 0 spiro atoms. The van der Waals surface area contributed by atoms with Gasteiger partial charge in [-0.15, -0.1) is 0 Å². The number of hydrogen-bond acceptors (Lipinski definition) is 5. The van der Waals surface area contributed by atoms with Crippen LogP contribution < -0.4 is 5.32 Å². The predicted molar refractivity (Wildman–Crippen MR) is 73.2 cm³/mol. The summed E-state index contributed by atoms with van der Waals surface area (Å²) in [5.74, 6) is -0.0916. The lowest BCUT2D eigenvalue weighted by molar-refractivity contribution is 0.0693. The van der Waals surface area contributed by atoms with Gasteiger partial charge in [-0.25, -0.2) is 9.97 Å². The Morgan fingerprint density at radius 3 is 2.60 bits per heavy atom. The first-order valence-electron chi connectivity index (χ1n) is 5.77. The van der Waals surface area contributed by atoms with Gasteiger partial charge in [-0.05, 0) is 18.2 Å². The Bertz CT molecular complexity index is 732. The average Bonchev–Trinajstić information content (AvgIpc) is 2.64. The molecule has 2 amide bonds. The van der Waals surface area contributed by atoms with Crippen molar-refractivity contribution < 1.29 is 9.59 Å². The fraction of sp³-hybridized carbons (Fsp3) is 0.0769. The molecule has 0 saturated heterocycles. The molecule has 2 aromatic rings. The van der Waals surface area contributed by atoms with Crippen LogP contribution in [-0.2, 0) is 0 Å². The van der Waals surface area contributed by atoms with Gasteiger partial charge in [-0.3, -0.25) is 14.5 Å². The number of rotatable bonds is 2. The van der Waals surface area contributed by atoms with Crippen molar-refractivity contribution in [2.45, 2.75) is 0 Å². The number of carbonyl (C=O) groups excluding carboxylic acids is 2. The lowest BCUT2D eigenvalue weighted by Crippen LogP contribution is -2.24. The maximum atomic E-state index is 11.9. The largest absolute Gasteiger partial charge is 0.340 e. The van der Waals surface area contributed by atoms with E-state index in [1.165, 1.54) is 13.4 Å². The number of amides is 2. The van der Waals surface area contributed by atoms with Crippen molar-refractivity contribution in [3.8, 4) is 0 Å². The van der Waals surface area contributed by atoms with Gasteiger partial charge in [-0.2, -0.15) is 0 Å². The third-order valence-electron chi connectivity index (χ3n) is 3.00. The van der Waals surface area contributed by atoms with Gasteiger partial charge >= 0.3 is 0 Å². The molecule has 1 aliphatic rings. The molecule has 0 atom stereocenters. The summed E-state index contributed by atoms with van der Waals surface area (Å²) in [6.45, 7) is 0. The summed E-state index contributed by atoms with van der Waals surface area (Å²) in [5, 5.41) is 3.32. The van der Waals surface area contributed by atoms with Crippen LogP contribution in [0.1, 0.15) is 20.7 Å². The molecular weight excluding hydrogens is 280 g/mol. The number of aromatic nitrogens is 2. The second-order valence-electron chi connectivity index (χ2n) is 4.28. The minimum absolute atomic E-state index is 0.290. The molecule has 2 heterocycles. The topological polar surface area (TPSA) is 75.2 Å². The highest BCUT2D eigenvalue weighted by Gasteiger charge is 2.32. The molecular formula is C13H9ClN4O2. The summed E-state index contributed by atoms with van der Waals surface area (Å²) >= 11 is 5.77. The van der Waals surface area contributed by atoms with E-state index in [-0.39, 0.29) is 11.8 Å². The van der Waals surface area contributed by atoms with E-state index in [0.717, 1.165) is 4.90 Å². The van der Waals surface area contributed by atoms with Crippen molar-refractivity contribution in [3.05, 3.63) is 46.9 Å². The maximum absolute atomic E-state index is 11.9. The highest BCUT2D eigenvalue weighted by atomic mass is 35.5. The standard InChI is InChI=1S/C13H9ClN4O2/c1-18-12(19)8-3-2-7(4-9(8)13(18)20)17-11-5-10(14)15-6-16-11/h2-6H,1H3,(H,15,16,17). The number of anilines is 2. The minimum Gasteiger partial charge on any atom is -0.340 e. The number of fused-ring (bicyclic) bond motifs is 1. The summed E-state index contributed by atoms with van der Waals surface area (Å²) < 4.78 is 0. The van der Waals surface area contributed by atoms with Gasteiger partial charge in [0, 0.05) is 18.8 Å². The Balaban J connectivity index is 1.95. The molecule has 0 bridgehead atoms. The van der Waals surface area contributed by atoms with E-state index in [2.05, 4.69) is 15.3 Å². The van der Waals surface area contributed by atoms with Crippen molar-refractivity contribution >= 4 is 34.9 Å². The van der Waals surface area contributed by atoms with Crippen LogP contribution in [0.4, 0.5) is 11.5 Å². The van der Waals surface area contributed by atoms with Gasteiger partial charge in [0.15, 0.2) is 0 Å². The van der Waals surface area contributed by atoms with Gasteiger partial charge in [0.1, 0.15) is 17.3 Å². The number of nitrogens with zero attached hydrogens (tertiary/aromatic N) is 3. The fourth-order valence-electron chi connectivity index (χ4n) is 1.99. The Morgan fingerprint density at radius 1 is 1.10 bits per heavy atom. The summed E-state index contributed by atoms with van der Waals surface area (Å²) in [4.78, 5) is 32.5. The number of hydrogen-bond donors (Lipinski definition) is 1. The second-order valence-corrected chi connectivity index (χ2v) is 4.67. The van der Waals surface area contributed by atoms with Crippen LogP contribution in [0.5, 0.6) is 0 Å². The third kappa shape index (κ3) is 2.00. The lowest BCUT2D eigenvalue weighted by Gasteiger charge is -2.06. The van der Waals surface area contributed by atoms with Gasteiger partial charge in [0.05, 0.1) is 11.1 Å². The van der Waals surface area contributed by atoms with E-state index in [0.29, 0.717) is 27.8 Å². The zero-order valence-electron chi connectivity index (χ0n) is 10.4. The molecule has 1 aliphatic heterocycles. The number of benzene rings is 1. The summed E-state index contributed by atoms with van der Waals surface area (Å²) in [6.07, 6.45) is 1.33. The minimum atomic E-state index is -0.311. The fourth-order valence-corrected chi connectivity index (χ4v) is 2.14. The Hall–Kier alpha value is -2.47. The number of nitrogens with one attached hydrogen (secondary N) is 1. The normalized spacial score (nSPS) is 13.6. The molecule has 100 valence electrons. The van der Waals surface area contributed by atoms with Crippen LogP contribution in [0.3, 0.4) is 0 Å². The third-order valence-corrected chi connectivity index (χ3v) is 3.20. The summed E-state index contributed by atoms with van der Waals surface area (Å²) in [6, 6.07) is 6.51. The van der Waals surface area contributed by atoms with Gasteiger partial charge in [0.25, 0.3) is 11.8 Å². The first kappa shape index (κ1) is 12.6. The molecule has 0 unspecified atom stereocenters. The molecule has 0 saturated carbocycles. The van der Waals surface area contributed by atoms with Crippen LogP contribution in [0.2, 0.25) is 5.15 Å². The molecule has 7 heteroatoms. The van der Waals surface area contributed by atoms with Crippen LogP contribution in [0.25, 0.3) is 0 Å². The quantitative estimate of drug-likeness (QED) is 0.676. The monoisotopic (exact) mass is 288 g/mol. The van der Waals surface area contributed by atoms with E-state index < -0.39 is 0 Å². The van der Waals surface area contributed by atoms with Crippen LogP contribution >= 0.6 is 11.6 Å². The van der Waals surface area contributed by atoms with Crippen LogP contribution in [0.15, 0.2) is 30.6 Å². The van der Waals surface area contributed by atoms with Crippen molar-refractivity contribution in [2.24, 2.45) is 0 Å². The Kier molecular flexibility index (Phi) is 2.87. The van der Waals surface area contributed by atoms with Crippen molar-refractivity contribution in [2.75, 3.05) is 12.4 Å². The molecule has 6 nitrogen and oxygen atoms in total. The molecule has 1 aromatic carbocycles. The Morgan fingerprint density at radius 2 is 1.85 bits per heavy atom. The first-order valence-corrected chi connectivity index (χ1v) is 6.15. The van der Waals surface area contributed by atoms with E-state index in [1.54, 1.807) is 24.3 Å².